The van der Waals surface area contributed by atoms with Gasteiger partial charge in [0.15, 0.2) is 5.78 Å². The molecule has 0 radical (unpaired) electrons. The zero-order valence-electron chi connectivity index (χ0n) is 9.44. The Morgan fingerprint density at radius 2 is 2.06 bits per heavy atom. The van der Waals surface area contributed by atoms with Gasteiger partial charge in [0.05, 0.1) is 25.9 Å². The van der Waals surface area contributed by atoms with Crippen molar-refractivity contribution >= 4 is 5.78 Å². The summed E-state index contributed by atoms with van der Waals surface area (Å²) in [6.45, 7) is 3.75. The molecule has 0 N–H and O–H groups in total. The number of Topliss-reactive ketones (excluding diaryl/α,β-unsaturated/α-hetero) is 1. The first-order chi connectivity index (χ1) is 7.75. The normalized spacial score (nSPS) is 20.7. The van der Waals surface area contributed by atoms with E-state index in [-0.39, 0.29) is 11.9 Å². The number of ketones is 1. The average molecular weight is 220 g/mol. The third kappa shape index (κ3) is 2.90. The molecule has 1 atom stereocenters. The number of benzene rings is 1. The van der Waals surface area contributed by atoms with E-state index in [9.17, 15) is 4.79 Å². The van der Waals surface area contributed by atoms with Crippen molar-refractivity contribution in [1.29, 1.82) is 0 Å². The molecule has 0 aliphatic carbocycles. The SMILES string of the molecule is Cc1ccc(C(=O)CC2COCCO2)cc1. The lowest BCUT2D eigenvalue weighted by Gasteiger charge is -2.22. The summed E-state index contributed by atoms with van der Waals surface area (Å²) >= 11 is 0. The van der Waals surface area contributed by atoms with Gasteiger partial charge in [0.25, 0.3) is 0 Å². The van der Waals surface area contributed by atoms with E-state index >= 15 is 0 Å². The first-order valence-corrected chi connectivity index (χ1v) is 5.55. The Hall–Kier alpha value is -1.19. The highest BCUT2D eigenvalue weighted by molar-refractivity contribution is 5.96. The molecule has 1 unspecified atom stereocenters. The topological polar surface area (TPSA) is 35.5 Å². The number of aryl methyl sites for hydroxylation is 1. The van der Waals surface area contributed by atoms with E-state index in [1.807, 2.05) is 31.2 Å². The number of ether oxygens (including phenoxy) is 2. The maximum absolute atomic E-state index is 11.9. The zero-order chi connectivity index (χ0) is 11.4. The van der Waals surface area contributed by atoms with Crippen molar-refractivity contribution in [2.45, 2.75) is 19.4 Å². The summed E-state index contributed by atoms with van der Waals surface area (Å²) in [4.78, 5) is 11.9. The summed E-state index contributed by atoms with van der Waals surface area (Å²) in [5.41, 5.74) is 1.91. The third-order valence-electron chi connectivity index (χ3n) is 2.67. The predicted octanol–water partition coefficient (Wildman–Crippen LogP) is 1.98. The van der Waals surface area contributed by atoms with Crippen LogP contribution in [0.25, 0.3) is 0 Å². The third-order valence-corrected chi connectivity index (χ3v) is 2.67. The van der Waals surface area contributed by atoms with Crippen LogP contribution < -0.4 is 0 Å². The van der Waals surface area contributed by atoms with Gasteiger partial charge in [-0.2, -0.15) is 0 Å². The van der Waals surface area contributed by atoms with Crippen LogP contribution in [0.15, 0.2) is 24.3 Å². The van der Waals surface area contributed by atoms with Crippen molar-refractivity contribution in [2.75, 3.05) is 19.8 Å². The van der Waals surface area contributed by atoms with Crippen molar-refractivity contribution in [2.24, 2.45) is 0 Å². The summed E-state index contributed by atoms with van der Waals surface area (Å²) in [7, 11) is 0. The molecule has 86 valence electrons. The Balaban J connectivity index is 1.94. The summed E-state index contributed by atoms with van der Waals surface area (Å²) < 4.78 is 10.7. The van der Waals surface area contributed by atoms with E-state index in [0.29, 0.717) is 26.2 Å². The highest BCUT2D eigenvalue weighted by Crippen LogP contribution is 2.11. The average Bonchev–Trinajstić information content (AvgIpc) is 2.31. The highest BCUT2D eigenvalue weighted by atomic mass is 16.6. The quantitative estimate of drug-likeness (QED) is 0.731. The molecular formula is C13H16O3. The molecule has 1 aliphatic heterocycles. The van der Waals surface area contributed by atoms with E-state index in [2.05, 4.69) is 0 Å². The van der Waals surface area contributed by atoms with Gasteiger partial charge in [-0.15, -0.1) is 0 Å². The summed E-state index contributed by atoms with van der Waals surface area (Å²) in [6.07, 6.45) is 0.325. The minimum absolute atomic E-state index is 0.0810. The zero-order valence-corrected chi connectivity index (χ0v) is 9.44. The summed E-state index contributed by atoms with van der Waals surface area (Å²) in [5, 5.41) is 0. The number of hydrogen-bond acceptors (Lipinski definition) is 3. The van der Waals surface area contributed by atoms with Crippen LogP contribution >= 0.6 is 0 Å². The van der Waals surface area contributed by atoms with E-state index < -0.39 is 0 Å². The molecule has 1 fully saturated rings. The fraction of sp³-hybridized carbons (Fsp3) is 0.462. The minimum Gasteiger partial charge on any atom is -0.376 e. The largest absolute Gasteiger partial charge is 0.376 e. The van der Waals surface area contributed by atoms with Crippen LogP contribution in [0.5, 0.6) is 0 Å². The Kier molecular flexibility index (Phi) is 3.70. The first-order valence-electron chi connectivity index (χ1n) is 5.55. The van der Waals surface area contributed by atoms with Gasteiger partial charge in [-0.25, -0.2) is 0 Å². The van der Waals surface area contributed by atoms with Crippen LogP contribution in [-0.4, -0.2) is 31.7 Å². The molecular weight excluding hydrogens is 204 g/mol. The van der Waals surface area contributed by atoms with Gasteiger partial charge in [0.2, 0.25) is 0 Å². The molecule has 2 rings (SSSR count). The molecule has 0 bridgehead atoms. The van der Waals surface area contributed by atoms with Crippen LogP contribution in [0.1, 0.15) is 22.3 Å². The molecule has 0 amide bonds. The van der Waals surface area contributed by atoms with Crippen molar-refractivity contribution < 1.29 is 14.3 Å². The standard InChI is InChI=1S/C13H16O3/c1-10-2-4-11(5-3-10)13(14)8-12-9-15-6-7-16-12/h2-5,12H,6-9H2,1H3. The molecule has 0 saturated carbocycles. The second kappa shape index (κ2) is 5.23. The van der Waals surface area contributed by atoms with Crippen LogP contribution in [0, 0.1) is 6.92 Å². The molecule has 3 heteroatoms. The summed E-state index contributed by atoms with van der Waals surface area (Å²) in [5.74, 6) is 0.121. The highest BCUT2D eigenvalue weighted by Gasteiger charge is 2.18. The van der Waals surface area contributed by atoms with Gasteiger partial charge in [-0.1, -0.05) is 29.8 Å². The Morgan fingerprint density at radius 3 is 2.69 bits per heavy atom. The summed E-state index contributed by atoms with van der Waals surface area (Å²) in [6, 6.07) is 7.62. The smallest absolute Gasteiger partial charge is 0.165 e. The van der Waals surface area contributed by atoms with Crippen LogP contribution in [-0.2, 0) is 9.47 Å². The van der Waals surface area contributed by atoms with Crippen molar-refractivity contribution in [1.82, 2.24) is 0 Å². The van der Waals surface area contributed by atoms with Crippen LogP contribution in [0.4, 0.5) is 0 Å². The van der Waals surface area contributed by atoms with Gasteiger partial charge in [0, 0.05) is 12.0 Å². The maximum Gasteiger partial charge on any atom is 0.165 e. The Morgan fingerprint density at radius 1 is 1.31 bits per heavy atom. The molecule has 0 spiro atoms. The van der Waals surface area contributed by atoms with E-state index in [1.165, 1.54) is 0 Å². The second-order valence-corrected chi connectivity index (χ2v) is 4.06. The molecule has 1 saturated heterocycles. The molecule has 1 aromatic rings. The van der Waals surface area contributed by atoms with Crippen LogP contribution in [0.3, 0.4) is 0 Å². The van der Waals surface area contributed by atoms with Crippen molar-refractivity contribution in [3.63, 3.8) is 0 Å². The fourth-order valence-electron chi connectivity index (χ4n) is 1.72. The van der Waals surface area contributed by atoms with Crippen molar-refractivity contribution in [3.05, 3.63) is 35.4 Å². The van der Waals surface area contributed by atoms with E-state index in [1.54, 1.807) is 0 Å². The van der Waals surface area contributed by atoms with E-state index in [0.717, 1.165) is 11.1 Å². The fourth-order valence-corrected chi connectivity index (χ4v) is 1.72. The molecule has 3 nitrogen and oxygen atoms in total. The number of carbonyl (C=O) groups is 1. The monoisotopic (exact) mass is 220 g/mol. The molecule has 1 heterocycles. The van der Waals surface area contributed by atoms with Crippen molar-refractivity contribution in [3.8, 4) is 0 Å². The maximum atomic E-state index is 11.9. The molecule has 16 heavy (non-hydrogen) atoms. The molecule has 0 aromatic heterocycles. The Labute approximate surface area is 95.4 Å². The lowest BCUT2D eigenvalue weighted by molar-refractivity contribution is -0.0868. The second-order valence-electron chi connectivity index (χ2n) is 4.06. The first kappa shape index (κ1) is 11.3. The lowest BCUT2D eigenvalue weighted by Crippen LogP contribution is -2.30. The van der Waals surface area contributed by atoms with Gasteiger partial charge in [0.1, 0.15) is 0 Å². The van der Waals surface area contributed by atoms with Gasteiger partial charge >= 0.3 is 0 Å². The lowest BCUT2D eigenvalue weighted by atomic mass is 10.0. The molecule has 1 aliphatic rings. The van der Waals surface area contributed by atoms with Crippen LogP contribution in [0.2, 0.25) is 0 Å². The Bertz CT molecular complexity index is 350. The van der Waals surface area contributed by atoms with Gasteiger partial charge in [-0.3, -0.25) is 4.79 Å². The van der Waals surface area contributed by atoms with Gasteiger partial charge in [-0.05, 0) is 6.92 Å². The minimum atomic E-state index is -0.0810. The van der Waals surface area contributed by atoms with E-state index in [4.69, 9.17) is 9.47 Å². The number of hydrogen-bond donors (Lipinski definition) is 0. The predicted molar refractivity (Wildman–Crippen MR) is 60.7 cm³/mol. The number of rotatable bonds is 3. The van der Waals surface area contributed by atoms with Gasteiger partial charge < -0.3 is 9.47 Å². The molecule has 1 aromatic carbocycles. The number of carbonyl (C=O) groups excluding carboxylic acids is 1.